The van der Waals surface area contributed by atoms with Gasteiger partial charge in [-0.1, -0.05) is 0 Å². The van der Waals surface area contributed by atoms with E-state index in [0.29, 0.717) is 11.5 Å². The van der Waals surface area contributed by atoms with Crippen molar-refractivity contribution in [2.45, 2.75) is 51.9 Å². The van der Waals surface area contributed by atoms with E-state index in [-0.39, 0.29) is 35.8 Å². The van der Waals surface area contributed by atoms with Crippen molar-refractivity contribution in [1.82, 2.24) is 24.6 Å². The Kier molecular flexibility index (Phi) is 5.65. The second kappa shape index (κ2) is 8.20. The number of carbonyl (C=O) groups is 1. The van der Waals surface area contributed by atoms with Crippen LogP contribution in [0.3, 0.4) is 0 Å². The summed E-state index contributed by atoms with van der Waals surface area (Å²) in [6.07, 6.45) is 2.40. The molecule has 4 rings (SSSR count). The number of rotatable bonds is 4. The minimum absolute atomic E-state index is 0.134. The second-order valence-corrected chi connectivity index (χ2v) is 8.14. The Bertz CT molecular complexity index is 858. The first-order valence-electron chi connectivity index (χ1n) is 10.3. The molecule has 3 heterocycles. The van der Waals surface area contributed by atoms with Crippen LogP contribution in [0.2, 0.25) is 0 Å². The van der Waals surface area contributed by atoms with Crippen LogP contribution in [0, 0.1) is 12.7 Å². The van der Waals surface area contributed by atoms with Gasteiger partial charge in [0.1, 0.15) is 11.6 Å². The molecule has 2 aliphatic heterocycles. The molecule has 1 aromatic carbocycles. The van der Waals surface area contributed by atoms with E-state index in [1.165, 1.54) is 12.1 Å². The van der Waals surface area contributed by atoms with Gasteiger partial charge in [0.05, 0.1) is 17.9 Å². The quantitative estimate of drug-likeness (QED) is 0.787. The molecule has 7 nitrogen and oxygen atoms in total. The normalized spacial score (nSPS) is 25.5. The first-order valence-corrected chi connectivity index (χ1v) is 10.3. The van der Waals surface area contributed by atoms with Gasteiger partial charge in [-0.3, -0.25) is 9.69 Å². The maximum absolute atomic E-state index is 13.2. The van der Waals surface area contributed by atoms with Gasteiger partial charge in [-0.2, -0.15) is 0 Å². The molecule has 156 valence electrons. The van der Waals surface area contributed by atoms with Gasteiger partial charge in [0.25, 0.3) is 5.91 Å². The molecule has 0 radical (unpaired) electrons. The van der Waals surface area contributed by atoms with Crippen molar-refractivity contribution in [2.75, 3.05) is 26.2 Å². The Balaban J connectivity index is 1.48. The van der Waals surface area contributed by atoms with Gasteiger partial charge in [-0.25, -0.2) is 14.1 Å². The summed E-state index contributed by atoms with van der Waals surface area (Å²) in [5.41, 5.74) is 0.685. The molecule has 0 bridgehead atoms. The third-order valence-corrected chi connectivity index (χ3v) is 5.63. The van der Waals surface area contributed by atoms with E-state index in [4.69, 9.17) is 4.74 Å². The number of morpholine rings is 1. The van der Waals surface area contributed by atoms with E-state index >= 15 is 0 Å². The van der Waals surface area contributed by atoms with Crippen molar-refractivity contribution >= 4 is 5.91 Å². The topological polar surface area (TPSA) is 63.5 Å². The minimum Gasteiger partial charge on any atom is -0.373 e. The van der Waals surface area contributed by atoms with Crippen LogP contribution in [0.25, 0.3) is 5.69 Å². The number of aromatic nitrogens is 3. The Morgan fingerprint density at radius 2 is 1.90 bits per heavy atom. The highest BCUT2D eigenvalue weighted by molar-refractivity contribution is 5.91. The zero-order valence-corrected chi connectivity index (χ0v) is 17.2. The number of ether oxygens (including phenoxy) is 1. The molecule has 2 aromatic rings. The van der Waals surface area contributed by atoms with Crippen LogP contribution in [0.5, 0.6) is 0 Å². The lowest BCUT2D eigenvalue weighted by molar-refractivity contribution is -0.0715. The van der Waals surface area contributed by atoms with Crippen LogP contribution in [-0.4, -0.2) is 74.9 Å². The molecule has 2 aliphatic rings. The van der Waals surface area contributed by atoms with Crippen LogP contribution in [0.15, 0.2) is 24.3 Å². The molecule has 3 atom stereocenters. The highest BCUT2D eigenvalue weighted by atomic mass is 19.1. The number of nitrogens with zero attached hydrogens (tertiary/aromatic N) is 5. The molecule has 3 unspecified atom stereocenters. The lowest BCUT2D eigenvalue weighted by Crippen LogP contribution is -2.51. The van der Waals surface area contributed by atoms with Crippen molar-refractivity contribution in [3.8, 4) is 5.69 Å². The van der Waals surface area contributed by atoms with Crippen LogP contribution in [-0.2, 0) is 4.74 Å². The summed E-state index contributed by atoms with van der Waals surface area (Å²) in [5.74, 6) is 0.356. The van der Waals surface area contributed by atoms with Crippen molar-refractivity contribution in [3.63, 3.8) is 0 Å². The van der Waals surface area contributed by atoms with Crippen LogP contribution >= 0.6 is 0 Å². The molecule has 1 aromatic heterocycles. The summed E-state index contributed by atoms with van der Waals surface area (Å²) >= 11 is 0. The summed E-state index contributed by atoms with van der Waals surface area (Å²) in [6, 6.07) is 6.17. The predicted octanol–water partition coefficient (Wildman–Crippen LogP) is 2.43. The molecule has 0 aliphatic carbocycles. The standard InChI is InChI=1S/C21H28FN5O2/c1-14-11-25(12-15(2)29-14)13-19-5-4-10-26(19)21(28)20-23-16(3)27(24-20)18-8-6-17(22)7-9-18/h6-9,14-15,19H,4-5,10-13H2,1-3H3. The number of aryl methyl sites for hydroxylation is 1. The fraction of sp³-hybridized carbons (Fsp3) is 0.571. The zero-order chi connectivity index (χ0) is 20.5. The number of carbonyl (C=O) groups excluding carboxylic acids is 1. The fourth-order valence-electron chi connectivity index (χ4n) is 4.46. The summed E-state index contributed by atoms with van der Waals surface area (Å²) in [6.45, 7) is 9.33. The lowest BCUT2D eigenvalue weighted by atomic mass is 10.1. The van der Waals surface area contributed by atoms with Crippen molar-refractivity contribution in [1.29, 1.82) is 0 Å². The molecule has 0 saturated carbocycles. The van der Waals surface area contributed by atoms with Gasteiger partial charge in [-0.15, -0.1) is 5.10 Å². The van der Waals surface area contributed by atoms with Gasteiger partial charge in [-0.05, 0) is 57.9 Å². The third-order valence-electron chi connectivity index (χ3n) is 5.63. The van der Waals surface area contributed by atoms with Crippen molar-refractivity contribution in [3.05, 3.63) is 41.7 Å². The average molecular weight is 401 g/mol. The van der Waals surface area contributed by atoms with Gasteiger partial charge >= 0.3 is 0 Å². The molecule has 1 amide bonds. The SMILES string of the molecule is Cc1nc(C(=O)N2CCCC2CN2CC(C)OC(C)C2)nn1-c1ccc(F)cc1. The average Bonchev–Trinajstić information content (AvgIpc) is 3.28. The Morgan fingerprint density at radius 1 is 1.21 bits per heavy atom. The number of hydrogen-bond donors (Lipinski definition) is 0. The van der Waals surface area contributed by atoms with Gasteiger partial charge in [0, 0.05) is 32.2 Å². The summed E-state index contributed by atoms with van der Waals surface area (Å²) in [7, 11) is 0. The van der Waals surface area contributed by atoms with E-state index in [2.05, 4.69) is 28.8 Å². The van der Waals surface area contributed by atoms with E-state index < -0.39 is 0 Å². The maximum Gasteiger partial charge on any atom is 0.293 e. The summed E-state index contributed by atoms with van der Waals surface area (Å²) in [4.78, 5) is 21.9. The number of likely N-dealkylation sites (tertiary alicyclic amines) is 1. The van der Waals surface area contributed by atoms with E-state index in [0.717, 1.165) is 39.0 Å². The molecule has 2 saturated heterocycles. The van der Waals surface area contributed by atoms with Crippen molar-refractivity contribution in [2.24, 2.45) is 0 Å². The number of halogens is 1. The smallest absolute Gasteiger partial charge is 0.293 e. The summed E-state index contributed by atoms with van der Waals surface area (Å²) in [5, 5.41) is 4.42. The van der Waals surface area contributed by atoms with E-state index in [9.17, 15) is 9.18 Å². The monoisotopic (exact) mass is 401 g/mol. The molecule has 29 heavy (non-hydrogen) atoms. The maximum atomic E-state index is 13.2. The zero-order valence-electron chi connectivity index (χ0n) is 17.2. The Hall–Kier alpha value is -2.32. The first-order chi connectivity index (χ1) is 13.9. The fourth-order valence-corrected chi connectivity index (χ4v) is 4.46. The van der Waals surface area contributed by atoms with E-state index in [1.807, 2.05) is 4.90 Å². The van der Waals surface area contributed by atoms with Crippen molar-refractivity contribution < 1.29 is 13.9 Å². The highest BCUT2D eigenvalue weighted by Crippen LogP contribution is 2.22. The minimum atomic E-state index is -0.311. The first kappa shape index (κ1) is 20.0. The highest BCUT2D eigenvalue weighted by Gasteiger charge is 2.34. The number of amides is 1. The van der Waals surface area contributed by atoms with Gasteiger partial charge in [0.2, 0.25) is 5.82 Å². The van der Waals surface area contributed by atoms with Gasteiger partial charge in [0.15, 0.2) is 0 Å². The molecule has 2 fully saturated rings. The lowest BCUT2D eigenvalue weighted by Gasteiger charge is -2.38. The van der Waals surface area contributed by atoms with Crippen LogP contribution in [0.4, 0.5) is 4.39 Å². The largest absolute Gasteiger partial charge is 0.373 e. The molecule has 0 spiro atoms. The molecule has 8 heteroatoms. The van der Waals surface area contributed by atoms with E-state index in [1.54, 1.807) is 23.7 Å². The Morgan fingerprint density at radius 3 is 2.59 bits per heavy atom. The number of benzene rings is 1. The van der Waals surface area contributed by atoms with Gasteiger partial charge < -0.3 is 9.64 Å². The Labute approximate surface area is 170 Å². The molecular formula is C21H28FN5O2. The second-order valence-electron chi connectivity index (χ2n) is 8.14. The molecular weight excluding hydrogens is 373 g/mol. The molecule has 0 N–H and O–H groups in total. The third kappa shape index (κ3) is 4.33. The summed E-state index contributed by atoms with van der Waals surface area (Å²) < 4.78 is 20.6. The van der Waals surface area contributed by atoms with Crippen LogP contribution in [0.1, 0.15) is 43.1 Å². The number of hydrogen-bond acceptors (Lipinski definition) is 5. The van der Waals surface area contributed by atoms with Crippen LogP contribution < -0.4 is 0 Å². The predicted molar refractivity (Wildman–Crippen MR) is 107 cm³/mol.